The molecule has 0 bridgehead atoms. The Hall–Kier alpha value is -1.10. The minimum Gasteiger partial charge on any atom is -0.345 e. The van der Waals surface area contributed by atoms with Crippen molar-refractivity contribution in [2.75, 3.05) is 46.8 Å². The second kappa shape index (κ2) is 22.7. The number of hydrogen-bond donors (Lipinski definition) is 0. The van der Waals surface area contributed by atoms with Crippen LogP contribution < -0.4 is 0 Å². The molecule has 0 spiro atoms. The lowest BCUT2D eigenvalue weighted by Crippen LogP contribution is -2.44. The monoisotopic (exact) mass is 467 g/mol. The summed E-state index contributed by atoms with van der Waals surface area (Å²) in [5.41, 5.74) is 0. The van der Waals surface area contributed by atoms with Gasteiger partial charge in [-0.1, -0.05) is 104 Å². The smallest absolute Gasteiger partial charge is 0.236 e. The first kappa shape index (κ1) is 31.9. The molecule has 0 N–H and O–H groups in total. The normalized spacial score (nSPS) is 11.2. The molecule has 0 aromatic heterocycles. The van der Waals surface area contributed by atoms with Crippen molar-refractivity contribution < 1.29 is 9.59 Å². The van der Waals surface area contributed by atoms with Crippen LogP contribution in [-0.2, 0) is 9.59 Å². The highest BCUT2D eigenvalue weighted by molar-refractivity contribution is 5.81. The van der Waals surface area contributed by atoms with Gasteiger partial charge in [0, 0.05) is 27.2 Å². The molecule has 0 aliphatic rings. The summed E-state index contributed by atoms with van der Waals surface area (Å²) >= 11 is 0. The Kier molecular flexibility index (Phi) is 21.9. The highest BCUT2D eigenvalue weighted by atomic mass is 16.2. The number of likely N-dealkylation sites (N-methyl/N-ethyl adjacent to an activating group) is 2. The van der Waals surface area contributed by atoms with E-state index in [4.69, 9.17) is 0 Å². The van der Waals surface area contributed by atoms with Crippen LogP contribution >= 0.6 is 0 Å². The second-order valence-corrected chi connectivity index (χ2v) is 9.94. The highest BCUT2D eigenvalue weighted by Gasteiger charge is 2.19. The Balaban J connectivity index is 4.46. The van der Waals surface area contributed by atoms with Gasteiger partial charge in [0.15, 0.2) is 0 Å². The summed E-state index contributed by atoms with van der Waals surface area (Å²) in [6.07, 6.45) is 19.4. The van der Waals surface area contributed by atoms with E-state index in [0.717, 1.165) is 45.3 Å². The largest absolute Gasteiger partial charge is 0.345 e. The molecular weight excluding hydrogens is 410 g/mol. The number of nitrogens with zero attached hydrogens (tertiary/aromatic N) is 3. The summed E-state index contributed by atoms with van der Waals surface area (Å²) in [7, 11) is 3.83. The molecule has 0 aliphatic carbocycles. The maximum Gasteiger partial charge on any atom is 0.236 e. The molecule has 5 heteroatoms. The molecular formula is C28H57N3O2. The Labute approximate surface area is 206 Å². The molecule has 2 amide bonds. The van der Waals surface area contributed by atoms with E-state index in [2.05, 4.69) is 25.7 Å². The molecule has 0 aromatic rings. The van der Waals surface area contributed by atoms with Gasteiger partial charge in [-0.15, -0.1) is 0 Å². The predicted molar refractivity (Wildman–Crippen MR) is 143 cm³/mol. The molecule has 0 saturated carbocycles. The Morgan fingerprint density at radius 2 is 0.758 bits per heavy atom. The minimum atomic E-state index is 0.144. The molecule has 5 nitrogen and oxygen atoms in total. The van der Waals surface area contributed by atoms with E-state index in [1.54, 1.807) is 0 Å². The molecule has 33 heavy (non-hydrogen) atoms. The van der Waals surface area contributed by atoms with Crippen LogP contribution in [0.15, 0.2) is 0 Å². The maximum atomic E-state index is 12.8. The van der Waals surface area contributed by atoms with Crippen molar-refractivity contribution in [1.29, 1.82) is 0 Å². The van der Waals surface area contributed by atoms with Crippen molar-refractivity contribution in [3.8, 4) is 0 Å². The van der Waals surface area contributed by atoms with Gasteiger partial charge in [-0.25, -0.2) is 0 Å². The third kappa shape index (κ3) is 19.0. The molecule has 0 fully saturated rings. The average molecular weight is 468 g/mol. The molecule has 0 heterocycles. The molecule has 0 atom stereocenters. The van der Waals surface area contributed by atoms with Gasteiger partial charge in [0.1, 0.15) is 0 Å². The minimum absolute atomic E-state index is 0.144. The number of carbonyl (C=O) groups excluding carboxylic acids is 2. The molecule has 0 radical (unpaired) electrons. The summed E-state index contributed by atoms with van der Waals surface area (Å²) in [4.78, 5) is 31.4. The first-order chi connectivity index (χ1) is 16.0. The first-order valence-electron chi connectivity index (χ1n) is 14.2. The van der Waals surface area contributed by atoms with E-state index >= 15 is 0 Å². The van der Waals surface area contributed by atoms with E-state index < -0.39 is 0 Å². The summed E-state index contributed by atoms with van der Waals surface area (Å²) in [5, 5.41) is 0. The van der Waals surface area contributed by atoms with Crippen LogP contribution in [0.4, 0.5) is 0 Å². The van der Waals surface area contributed by atoms with Crippen molar-refractivity contribution in [2.45, 2.75) is 124 Å². The summed E-state index contributed by atoms with van der Waals surface area (Å²) < 4.78 is 0. The van der Waals surface area contributed by atoms with Crippen molar-refractivity contribution >= 4 is 11.8 Å². The van der Waals surface area contributed by atoms with Gasteiger partial charge in [0.25, 0.3) is 0 Å². The zero-order valence-corrected chi connectivity index (χ0v) is 23.0. The Morgan fingerprint density at radius 1 is 0.455 bits per heavy atom. The van der Waals surface area contributed by atoms with E-state index in [0.29, 0.717) is 13.1 Å². The van der Waals surface area contributed by atoms with E-state index in [-0.39, 0.29) is 11.8 Å². The lowest BCUT2D eigenvalue weighted by Gasteiger charge is -2.27. The quantitative estimate of drug-likeness (QED) is 0.161. The molecule has 0 aliphatic heterocycles. The zero-order valence-electron chi connectivity index (χ0n) is 23.0. The van der Waals surface area contributed by atoms with Crippen LogP contribution in [0, 0.1) is 0 Å². The second-order valence-electron chi connectivity index (χ2n) is 9.94. The predicted octanol–water partition coefficient (Wildman–Crippen LogP) is 6.51. The van der Waals surface area contributed by atoms with Gasteiger partial charge in [-0.2, -0.15) is 0 Å². The van der Waals surface area contributed by atoms with Gasteiger partial charge in [-0.05, 0) is 25.8 Å². The van der Waals surface area contributed by atoms with Crippen molar-refractivity contribution in [1.82, 2.24) is 14.7 Å². The topological polar surface area (TPSA) is 43.9 Å². The van der Waals surface area contributed by atoms with Crippen LogP contribution in [0.5, 0.6) is 0 Å². The van der Waals surface area contributed by atoms with Crippen LogP contribution in [0.2, 0.25) is 0 Å². The van der Waals surface area contributed by atoms with E-state index in [1.165, 1.54) is 77.0 Å². The van der Waals surface area contributed by atoms with Crippen LogP contribution in [0.3, 0.4) is 0 Å². The molecule has 0 unspecified atom stereocenters. The van der Waals surface area contributed by atoms with Gasteiger partial charge in [0.2, 0.25) is 11.8 Å². The fourth-order valence-electron chi connectivity index (χ4n) is 4.11. The molecule has 0 saturated heterocycles. The number of unbranched alkanes of at least 4 members (excludes halogenated alkanes) is 13. The Morgan fingerprint density at radius 3 is 1.15 bits per heavy atom. The number of hydrogen-bond acceptors (Lipinski definition) is 3. The van der Waals surface area contributed by atoms with Crippen LogP contribution in [0.25, 0.3) is 0 Å². The average Bonchev–Trinajstić information content (AvgIpc) is 2.80. The van der Waals surface area contributed by atoms with Gasteiger partial charge >= 0.3 is 0 Å². The number of carbonyl (C=O) groups is 2. The highest BCUT2D eigenvalue weighted by Crippen LogP contribution is 2.08. The number of rotatable bonds is 23. The first-order valence-corrected chi connectivity index (χ1v) is 14.2. The zero-order chi connectivity index (χ0) is 24.7. The SMILES string of the molecule is CCCCCCCCN(C)C(=O)CN(CCCCCC)CC(=O)N(C)CCCCCCCC. The molecule has 0 rings (SSSR count). The lowest BCUT2D eigenvalue weighted by atomic mass is 10.1. The van der Waals surface area contributed by atoms with Gasteiger partial charge in [0.05, 0.1) is 13.1 Å². The fraction of sp³-hybridized carbons (Fsp3) is 0.929. The van der Waals surface area contributed by atoms with Crippen LogP contribution in [-0.4, -0.2) is 73.3 Å². The van der Waals surface area contributed by atoms with Crippen LogP contribution in [0.1, 0.15) is 124 Å². The van der Waals surface area contributed by atoms with E-state index in [9.17, 15) is 9.59 Å². The third-order valence-electron chi connectivity index (χ3n) is 6.59. The summed E-state index contributed by atoms with van der Waals surface area (Å²) in [5.74, 6) is 0.288. The van der Waals surface area contributed by atoms with Crippen molar-refractivity contribution in [3.05, 3.63) is 0 Å². The number of amides is 2. The maximum absolute atomic E-state index is 12.8. The Bertz CT molecular complexity index is 434. The van der Waals surface area contributed by atoms with Gasteiger partial charge < -0.3 is 9.80 Å². The summed E-state index contributed by atoms with van der Waals surface area (Å²) in [6.45, 7) is 9.85. The standard InChI is InChI=1S/C28H57N3O2/c1-6-9-12-15-17-19-22-29(4)27(32)25-31(24-21-14-11-8-3)26-28(33)30(5)23-20-18-16-13-10-7-2/h6-26H2,1-5H3. The van der Waals surface area contributed by atoms with E-state index in [1.807, 2.05) is 23.9 Å². The fourth-order valence-corrected chi connectivity index (χ4v) is 4.11. The molecule has 0 aromatic carbocycles. The summed E-state index contributed by atoms with van der Waals surface area (Å²) in [6, 6.07) is 0. The molecule has 196 valence electrons. The van der Waals surface area contributed by atoms with Crippen molar-refractivity contribution in [3.63, 3.8) is 0 Å². The third-order valence-corrected chi connectivity index (χ3v) is 6.59. The van der Waals surface area contributed by atoms with Gasteiger partial charge in [-0.3, -0.25) is 14.5 Å². The van der Waals surface area contributed by atoms with Crippen molar-refractivity contribution in [2.24, 2.45) is 0 Å². The lowest BCUT2D eigenvalue weighted by molar-refractivity contribution is -0.134.